The van der Waals surface area contributed by atoms with E-state index in [1.165, 1.54) is 13.2 Å². The third kappa shape index (κ3) is 3.16. The van der Waals surface area contributed by atoms with E-state index in [9.17, 15) is 4.39 Å². The van der Waals surface area contributed by atoms with Crippen LogP contribution in [0.3, 0.4) is 0 Å². The summed E-state index contributed by atoms with van der Waals surface area (Å²) < 4.78 is 18.3. The fourth-order valence-corrected chi connectivity index (χ4v) is 1.47. The van der Waals surface area contributed by atoms with Crippen LogP contribution in [0, 0.1) is 5.82 Å². The third-order valence-electron chi connectivity index (χ3n) is 2.23. The highest BCUT2D eigenvalue weighted by atomic mass is 19.1. The molecule has 0 saturated carbocycles. The molecular formula is C11H18FN3O. The Morgan fingerprint density at radius 1 is 1.50 bits per heavy atom. The molecule has 0 spiro atoms. The smallest absolute Gasteiger partial charge is 0.165 e. The molecule has 0 aliphatic carbocycles. The number of ether oxygens (including phenoxy) is 1. The van der Waals surface area contributed by atoms with E-state index in [-0.39, 0.29) is 17.6 Å². The summed E-state index contributed by atoms with van der Waals surface area (Å²) in [6, 6.07) is 4.74. The van der Waals surface area contributed by atoms with Gasteiger partial charge >= 0.3 is 0 Å². The van der Waals surface area contributed by atoms with Crippen molar-refractivity contribution < 1.29 is 9.13 Å². The summed E-state index contributed by atoms with van der Waals surface area (Å²) in [6.07, 6.45) is 0. The predicted molar refractivity (Wildman–Crippen MR) is 61.6 cm³/mol. The molecule has 5 heteroatoms. The van der Waals surface area contributed by atoms with Gasteiger partial charge in [0, 0.05) is 20.6 Å². The van der Waals surface area contributed by atoms with Gasteiger partial charge in [-0.2, -0.15) is 0 Å². The van der Waals surface area contributed by atoms with Gasteiger partial charge in [0.25, 0.3) is 0 Å². The number of rotatable bonds is 5. The van der Waals surface area contributed by atoms with Crippen molar-refractivity contribution in [1.82, 2.24) is 10.4 Å². The fourth-order valence-electron chi connectivity index (χ4n) is 1.47. The van der Waals surface area contributed by atoms with E-state index in [1.807, 2.05) is 14.1 Å². The molecule has 16 heavy (non-hydrogen) atoms. The molecule has 3 N–H and O–H groups in total. The quantitative estimate of drug-likeness (QED) is 0.734. The van der Waals surface area contributed by atoms with Crippen LogP contribution in [0.25, 0.3) is 0 Å². The molecule has 0 heterocycles. The fraction of sp³-hybridized carbons (Fsp3) is 0.455. The topological polar surface area (TPSA) is 50.5 Å². The molecule has 0 bridgehead atoms. The highest BCUT2D eigenvalue weighted by molar-refractivity contribution is 5.31. The van der Waals surface area contributed by atoms with Crippen molar-refractivity contribution in [1.29, 1.82) is 0 Å². The van der Waals surface area contributed by atoms with E-state index in [1.54, 1.807) is 17.1 Å². The lowest BCUT2D eigenvalue weighted by Crippen LogP contribution is -2.38. The highest BCUT2D eigenvalue weighted by Gasteiger charge is 2.12. The van der Waals surface area contributed by atoms with Gasteiger partial charge in [-0.15, -0.1) is 0 Å². The number of hydrogen-bond acceptors (Lipinski definition) is 4. The molecule has 1 aromatic carbocycles. The summed E-state index contributed by atoms with van der Waals surface area (Å²) in [5, 5.41) is 1.79. The van der Waals surface area contributed by atoms with Crippen LogP contribution in [0.15, 0.2) is 18.2 Å². The molecule has 1 unspecified atom stereocenters. The van der Waals surface area contributed by atoms with Gasteiger partial charge in [0.1, 0.15) is 0 Å². The minimum atomic E-state index is -0.376. The van der Waals surface area contributed by atoms with Crippen LogP contribution in [0.5, 0.6) is 5.75 Å². The average Bonchev–Trinajstić information content (AvgIpc) is 2.25. The van der Waals surface area contributed by atoms with Crippen molar-refractivity contribution in [2.75, 3.05) is 27.7 Å². The monoisotopic (exact) mass is 227 g/mol. The predicted octanol–water partition coefficient (Wildman–Crippen LogP) is 0.900. The van der Waals surface area contributed by atoms with E-state index in [0.29, 0.717) is 6.54 Å². The SMILES string of the molecule is COc1ccc(C(CN)NN(C)C)cc1F. The summed E-state index contributed by atoms with van der Waals surface area (Å²) in [4.78, 5) is 0. The van der Waals surface area contributed by atoms with Crippen LogP contribution < -0.4 is 15.9 Å². The number of benzene rings is 1. The minimum Gasteiger partial charge on any atom is -0.494 e. The van der Waals surface area contributed by atoms with Gasteiger partial charge in [0.05, 0.1) is 13.2 Å². The Hall–Kier alpha value is -1.17. The second-order valence-electron chi connectivity index (χ2n) is 3.71. The molecule has 0 aromatic heterocycles. The van der Waals surface area contributed by atoms with E-state index in [0.717, 1.165) is 5.56 Å². The number of nitrogens with zero attached hydrogens (tertiary/aromatic N) is 1. The van der Waals surface area contributed by atoms with Crippen LogP contribution in [0.1, 0.15) is 11.6 Å². The molecule has 0 radical (unpaired) electrons. The van der Waals surface area contributed by atoms with Gasteiger partial charge in [-0.25, -0.2) is 14.8 Å². The standard InChI is InChI=1S/C11H18FN3O/c1-15(2)14-10(7-13)8-4-5-11(16-3)9(12)6-8/h4-6,10,14H,7,13H2,1-3H3. The van der Waals surface area contributed by atoms with Crippen LogP contribution in [-0.2, 0) is 0 Å². The number of halogens is 1. The maximum Gasteiger partial charge on any atom is 0.165 e. The molecule has 0 fully saturated rings. The maximum atomic E-state index is 13.5. The minimum absolute atomic E-state index is 0.101. The molecule has 0 aliphatic rings. The van der Waals surface area contributed by atoms with Crippen molar-refractivity contribution >= 4 is 0 Å². The summed E-state index contributed by atoms with van der Waals surface area (Å²) >= 11 is 0. The van der Waals surface area contributed by atoms with Crippen LogP contribution in [0.4, 0.5) is 4.39 Å². The lowest BCUT2D eigenvalue weighted by molar-refractivity contribution is 0.245. The zero-order valence-electron chi connectivity index (χ0n) is 9.83. The molecule has 90 valence electrons. The normalized spacial score (nSPS) is 12.9. The van der Waals surface area contributed by atoms with E-state index < -0.39 is 0 Å². The van der Waals surface area contributed by atoms with Crippen LogP contribution in [0.2, 0.25) is 0 Å². The van der Waals surface area contributed by atoms with Crippen molar-refractivity contribution in [3.05, 3.63) is 29.6 Å². The van der Waals surface area contributed by atoms with E-state index >= 15 is 0 Å². The first-order valence-electron chi connectivity index (χ1n) is 5.05. The van der Waals surface area contributed by atoms with Gasteiger partial charge in [-0.3, -0.25) is 0 Å². The summed E-state index contributed by atoms with van der Waals surface area (Å²) in [5.74, 6) is -0.136. The third-order valence-corrected chi connectivity index (χ3v) is 2.23. The Balaban J connectivity index is 2.89. The summed E-state index contributed by atoms with van der Waals surface area (Å²) in [6.45, 7) is 0.393. The van der Waals surface area contributed by atoms with Crippen molar-refractivity contribution in [2.45, 2.75) is 6.04 Å². The van der Waals surface area contributed by atoms with Gasteiger partial charge in [-0.1, -0.05) is 6.07 Å². The Morgan fingerprint density at radius 3 is 2.62 bits per heavy atom. The van der Waals surface area contributed by atoms with E-state index in [2.05, 4.69) is 5.43 Å². The first kappa shape index (κ1) is 12.9. The second-order valence-corrected chi connectivity index (χ2v) is 3.71. The highest BCUT2D eigenvalue weighted by Crippen LogP contribution is 2.21. The molecule has 0 aliphatic heterocycles. The summed E-state index contributed by atoms with van der Waals surface area (Å²) in [5.41, 5.74) is 9.54. The Kier molecular flexibility index (Phi) is 4.67. The first-order chi connectivity index (χ1) is 7.58. The molecule has 1 rings (SSSR count). The molecule has 1 aromatic rings. The van der Waals surface area contributed by atoms with Gasteiger partial charge in [-0.05, 0) is 17.7 Å². The average molecular weight is 227 g/mol. The zero-order valence-corrected chi connectivity index (χ0v) is 9.83. The van der Waals surface area contributed by atoms with Gasteiger partial charge < -0.3 is 10.5 Å². The van der Waals surface area contributed by atoms with Crippen LogP contribution >= 0.6 is 0 Å². The van der Waals surface area contributed by atoms with Crippen molar-refractivity contribution in [3.8, 4) is 5.75 Å². The lowest BCUT2D eigenvalue weighted by Gasteiger charge is -2.22. The van der Waals surface area contributed by atoms with Crippen molar-refractivity contribution in [2.24, 2.45) is 5.73 Å². The maximum absolute atomic E-state index is 13.5. The molecular weight excluding hydrogens is 209 g/mol. The second kappa shape index (κ2) is 5.79. The zero-order chi connectivity index (χ0) is 12.1. The number of nitrogens with one attached hydrogen (secondary N) is 1. The van der Waals surface area contributed by atoms with Crippen molar-refractivity contribution in [3.63, 3.8) is 0 Å². The number of nitrogens with two attached hydrogens (primary N) is 1. The van der Waals surface area contributed by atoms with Gasteiger partial charge in [0.2, 0.25) is 0 Å². The number of hydrogen-bond donors (Lipinski definition) is 2. The first-order valence-corrected chi connectivity index (χ1v) is 5.05. The summed E-state index contributed by atoms with van der Waals surface area (Å²) in [7, 11) is 5.17. The van der Waals surface area contributed by atoms with Crippen LogP contribution in [-0.4, -0.2) is 32.8 Å². The molecule has 0 amide bonds. The van der Waals surface area contributed by atoms with Gasteiger partial charge in [0.15, 0.2) is 11.6 Å². The molecule has 1 atom stereocenters. The largest absolute Gasteiger partial charge is 0.494 e. The van der Waals surface area contributed by atoms with E-state index in [4.69, 9.17) is 10.5 Å². The molecule has 0 saturated heterocycles. The Morgan fingerprint density at radius 2 is 2.19 bits per heavy atom. The number of hydrazine groups is 1. The number of methoxy groups -OCH3 is 1. The molecule has 4 nitrogen and oxygen atoms in total. The lowest BCUT2D eigenvalue weighted by atomic mass is 10.1. The Bertz CT molecular complexity index is 344. The Labute approximate surface area is 95.2 Å².